The second kappa shape index (κ2) is 5.79. The summed E-state index contributed by atoms with van der Waals surface area (Å²) in [5.41, 5.74) is 9.78. The number of fused-ring (bicyclic) bond motifs is 1. The molecule has 2 heterocycles. The van der Waals surface area contributed by atoms with Crippen molar-refractivity contribution in [3.05, 3.63) is 53.5 Å². The Hall–Kier alpha value is -1.98. The van der Waals surface area contributed by atoms with Gasteiger partial charge in [0.2, 0.25) is 0 Å². The minimum Gasteiger partial charge on any atom is -0.326 e. The van der Waals surface area contributed by atoms with Crippen LogP contribution in [-0.2, 0) is 6.54 Å². The molecule has 3 aromatic rings. The van der Waals surface area contributed by atoms with Gasteiger partial charge in [0, 0.05) is 34.4 Å². The Bertz CT molecular complexity index is 781. The molecule has 0 atom stereocenters. The van der Waals surface area contributed by atoms with Crippen LogP contribution in [-0.4, -0.2) is 15.0 Å². The maximum Gasteiger partial charge on any atom is 0.192 e. The molecule has 0 radical (unpaired) electrons. The van der Waals surface area contributed by atoms with Crippen molar-refractivity contribution in [3.8, 4) is 0 Å². The van der Waals surface area contributed by atoms with Gasteiger partial charge in [-0.1, -0.05) is 18.2 Å². The number of benzene rings is 1. The average Bonchev–Trinajstić information content (AvgIpc) is 2.46. The van der Waals surface area contributed by atoms with E-state index in [0.29, 0.717) is 6.54 Å². The molecule has 106 valence electrons. The predicted octanol–water partition coefficient (Wildman–Crippen LogP) is 3.25. The fourth-order valence-electron chi connectivity index (χ4n) is 2.25. The van der Waals surface area contributed by atoms with Gasteiger partial charge in [-0.3, -0.25) is 4.98 Å². The molecule has 0 saturated heterocycles. The molecule has 3 rings (SSSR count). The molecule has 5 heteroatoms. The molecule has 0 amide bonds. The third kappa shape index (κ3) is 2.89. The maximum absolute atomic E-state index is 5.86. The van der Waals surface area contributed by atoms with Crippen LogP contribution in [0.15, 0.2) is 46.6 Å². The molecule has 0 aliphatic carbocycles. The van der Waals surface area contributed by atoms with Gasteiger partial charge in [-0.15, -0.1) is 0 Å². The van der Waals surface area contributed by atoms with Gasteiger partial charge >= 0.3 is 0 Å². The summed E-state index contributed by atoms with van der Waals surface area (Å²) in [4.78, 5) is 14.6. The summed E-state index contributed by atoms with van der Waals surface area (Å²) in [6.45, 7) is 4.41. The highest BCUT2D eigenvalue weighted by molar-refractivity contribution is 7.99. The van der Waals surface area contributed by atoms with Crippen LogP contribution in [0.1, 0.15) is 17.0 Å². The smallest absolute Gasteiger partial charge is 0.192 e. The van der Waals surface area contributed by atoms with Crippen LogP contribution in [0.5, 0.6) is 0 Å². The summed E-state index contributed by atoms with van der Waals surface area (Å²) in [6, 6.07) is 10.0. The first-order valence-corrected chi connectivity index (χ1v) is 7.56. The van der Waals surface area contributed by atoms with E-state index in [4.69, 9.17) is 5.73 Å². The van der Waals surface area contributed by atoms with E-state index in [2.05, 4.69) is 21.0 Å². The Kier molecular flexibility index (Phi) is 3.86. The van der Waals surface area contributed by atoms with Crippen LogP contribution >= 0.6 is 11.8 Å². The van der Waals surface area contributed by atoms with Gasteiger partial charge in [0.1, 0.15) is 0 Å². The zero-order chi connectivity index (χ0) is 14.8. The summed E-state index contributed by atoms with van der Waals surface area (Å²) in [6.07, 6.45) is 1.84. The van der Waals surface area contributed by atoms with Gasteiger partial charge in [-0.2, -0.15) is 0 Å². The molecular weight excluding hydrogens is 280 g/mol. The lowest BCUT2D eigenvalue weighted by Gasteiger charge is -2.10. The summed E-state index contributed by atoms with van der Waals surface area (Å²) >= 11 is 1.55. The van der Waals surface area contributed by atoms with Crippen molar-refractivity contribution in [3.63, 3.8) is 0 Å². The molecule has 2 aromatic heterocycles. The molecule has 0 bridgehead atoms. The molecule has 0 aliphatic rings. The summed E-state index contributed by atoms with van der Waals surface area (Å²) in [7, 11) is 0. The zero-order valence-electron chi connectivity index (χ0n) is 12.0. The molecule has 0 saturated carbocycles. The number of hydrogen-bond donors (Lipinski definition) is 1. The van der Waals surface area contributed by atoms with E-state index in [9.17, 15) is 0 Å². The second-order valence-corrected chi connectivity index (χ2v) is 5.85. The standard InChI is InChI=1S/C16H16N4S/c1-10-7-11(2)20-16(19-10)21-15-12(8-17)9-18-14-6-4-3-5-13(14)15/h3-7,9H,8,17H2,1-2H3. The van der Waals surface area contributed by atoms with Crippen LogP contribution in [0.3, 0.4) is 0 Å². The lowest BCUT2D eigenvalue weighted by Crippen LogP contribution is -2.01. The van der Waals surface area contributed by atoms with Crippen LogP contribution in [0.25, 0.3) is 10.9 Å². The van der Waals surface area contributed by atoms with E-state index in [-0.39, 0.29) is 0 Å². The van der Waals surface area contributed by atoms with E-state index in [0.717, 1.165) is 37.9 Å². The van der Waals surface area contributed by atoms with Crippen LogP contribution in [0, 0.1) is 13.8 Å². The number of nitrogens with zero attached hydrogens (tertiary/aromatic N) is 3. The van der Waals surface area contributed by atoms with E-state index >= 15 is 0 Å². The Morgan fingerprint density at radius 3 is 2.52 bits per heavy atom. The van der Waals surface area contributed by atoms with Gasteiger partial charge in [-0.05, 0) is 43.3 Å². The number of aryl methyl sites for hydroxylation is 2. The molecule has 1 aromatic carbocycles. The number of nitrogens with two attached hydrogens (primary N) is 1. The molecule has 0 aliphatic heterocycles. The number of rotatable bonds is 3. The largest absolute Gasteiger partial charge is 0.326 e. The average molecular weight is 296 g/mol. The molecular formula is C16H16N4S. The van der Waals surface area contributed by atoms with Crippen molar-refractivity contribution in [2.24, 2.45) is 5.73 Å². The molecule has 4 nitrogen and oxygen atoms in total. The van der Waals surface area contributed by atoms with E-state index in [1.165, 1.54) is 0 Å². The van der Waals surface area contributed by atoms with Crippen LogP contribution < -0.4 is 5.73 Å². The van der Waals surface area contributed by atoms with Crippen molar-refractivity contribution in [1.29, 1.82) is 0 Å². The van der Waals surface area contributed by atoms with Gasteiger partial charge in [0.05, 0.1) is 5.52 Å². The van der Waals surface area contributed by atoms with Gasteiger partial charge in [0.25, 0.3) is 0 Å². The number of para-hydroxylation sites is 1. The Morgan fingerprint density at radius 1 is 1.10 bits per heavy atom. The predicted molar refractivity (Wildman–Crippen MR) is 85.3 cm³/mol. The second-order valence-electron chi connectivity index (χ2n) is 4.87. The number of pyridine rings is 1. The van der Waals surface area contributed by atoms with Gasteiger partial charge < -0.3 is 5.73 Å². The Labute approximate surface area is 127 Å². The Morgan fingerprint density at radius 2 is 1.81 bits per heavy atom. The number of aromatic nitrogens is 3. The molecule has 0 fully saturated rings. The van der Waals surface area contributed by atoms with Crippen molar-refractivity contribution in [1.82, 2.24) is 15.0 Å². The maximum atomic E-state index is 5.86. The van der Waals surface area contributed by atoms with E-state index < -0.39 is 0 Å². The first kappa shape index (κ1) is 14.0. The third-order valence-electron chi connectivity index (χ3n) is 3.17. The van der Waals surface area contributed by atoms with Crippen molar-refractivity contribution >= 4 is 22.7 Å². The van der Waals surface area contributed by atoms with Crippen LogP contribution in [0.4, 0.5) is 0 Å². The fraction of sp³-hybridized carbons (Fsp3) is 0.188. The fourth-order valence-corrected chi connectivity index (χ4v) is 3.37. The highest BCUT2D eigenvalue weighted by atomic mass is 32.2. The highest BCUT2D eigenvalue weighted by Crippen LogP contribution is 2.33. The zero-order valence-corrected chi connectivity index (χ0v) is 12.8. The monoisotopic (exact) mass is 296 g/mol. The topological polar surface area (TPSA) is 64.7 Å². The molecule has 2 N–H and O–H groups in total. The first-order valence-electron chi connectivity index (χ1n) is 6.74. The normalized spacial score (nSPS) is 11.0. The molecule has 21 heavy (non-hydrogen) atoms. The van der Waals surface area contributed by atoms with Crippen molar-refractivity contribution < 1.29 is 0 Å². The van der Waals surface area contributed by atoms with Crippen LogP contribution in [0.2, 0.25) is 0 Å². The Balaban J connectivity index is 2.14. The molecule has 0 unspecified atom stereocenters. The minimum atomic E-state index is 0.449. The van der Waals surface area contributed by atoms with Crippen molar-refractivity contribution in [2.75, 3.05) is 0 Å². The van der Waals surface area contributed by atoms with E-state index in [1.807, 2.05) is 44.3 Å². The SMILES string of the molecule is Cc1cc(C)nc(Sc2c(CN)cnc3ccccc23)n1. The lowest BCUT2D eigenvalue weighted by atomic mass is 10.1. The van der Waals surface area contributed by atoms with E-state index in [1.54, 1.807) is 11.8 Å². The first-order chi connectivity index (χ1) is 10.2. The highest BCUT2D eigenvalue weighted by Gasteiger charge is 2.11. The lowest BCUT2D eigenvalue weighted by molar-refractivity contribution is 0.900. The summed E-state index contributed by atoms with van der Waals surface area (Å²) < 4.78 is 0. The third-order valence-corrected chi connectivity index (χ3v) is 4.23. The summed E-state index contributed by atoms with van der Waals surface area (Å²) in [5, 5.41) is 1.84. The summed E-state index contributed by atoms with van der Waals surface area (Å²) in [5.74, 6) is 0. The number of hydrogen-bond acceptors (Lipinski definition) is 5. The minimum absolute atomic E-state index is 0.449. The quantitative estimate of drug-likeness (QED) is 0.752. The van der Waals surface area contributed by atoms with Crippen molar-refractivity contribution in [2.45, 2.75) is 30.4 Å². The van der Waals surface area contributed by atoms with Gasteiger partial charge in [-0.25, -0.2) is 9.97 Å². The molecule has 0 spiro atoms. The van der Waals surface area contributed by atoms with Gasteiger partial charge in [0.15, 0.2) is 5.16 Å².